The van der Waals surface area contributed by atoms with Crippen molar-refractivity contribution in [3.8, 4) is 0 Å². The fourth-order valence-electron chi connectivity index (χ4n) is 8.70. The molecule has 0 bridgehead atoms. The van der Waals surface area contributed by atoms with Crippen LogP contribution in [-0.4, -0.2) is 73.1 Å². The smallest absolute Gasteiger partial charge is 0.285 e. The Balaban J connectivity index is 1.44. The standard InChI is InChI=1S/C33H50N2O7/c1-29(2,3)13-22(36)12-23(30(4,5)6)28(40)35-15-31(32(16-41-17-32)33(31)18-42-19-33)14-24(35)25(37)11-21(26(38)27(34)39)10-20-8-7-9-20/h20-21,23-24H,7-19H2,1-6H3,(H2,34,39)/t21?,23-,24+/m1/s1. The number of carbonyl (C=O) groups is 5. The van der Waals surface area contributed by atoms with Crippen LogP contribution in [-0.2, 0) is 33.4 Å². The zero-order valence-corrected chi connectivity index (χ0v) is 26.4. The molecule has 9 nitrogen and oxygen atoms in total. The maximum absolute atomic E-state index is 14.5. The molecule has 0 aromatic carbocycles. The molecule has 3 atom stereocenters. The van der Waals surface area contributed by atoms with Crippen LogP contribution in [0.15, 0.2) is 0 Å². The molecule has 3 spiro atoms. The predicted octanol–water partition coefficient (Wildman–Crippen LogP) is 3.50. The molecule has 3 heterocycles. The van der Waals surface area contributed by atoms with Crippen molar-refractivity contribution >= 4 is 29.2 Å². The summed E-state index contributed by atoms with van der Waals surface area (Å²) in [6.07, 6.45) is 4.41. The van der Waals surface area contributed by atoms with Gasteiger partial charge in [-0.1, -0.05) is 60.8 Å². The number of ether oxygens (including phenoxy) is 2. The van der Waals surface area contributed by atoms with E-state index in [1.54, 1.807) is 4.90 Å². The van der Waals surface area contributed by atoms with E-state index < -0.39 is 35.0 Å². The minimum absolute atomic E-state index is 0.0410. The molecule has 2 amide bonds. The van der Waals surface area contributed by atoms with Crippen molar-refractivity contribution in [1.82, 2.24) is 4.90 Å². The van der Waals surface area contributed by atoms with Crippen LogP contribution in [0.2, 0.25) is 0 Å². The summed E-state index contributed by atoms with van der Waals surface area (Å²) < 4.78 is 11.4. The second-order valence-electron chi connectivity index (χ2n) is 16.4. The van der Waals surface area contributed by atoms with Gasteiger partial charge in [0.2, 0.25) is 11.7 Å². The highest BCUT2D eigenvalue weighted by molar-refractivity contribution is 6.36. The predicted molar refractivity (Wildman–Crippen MR) is 155 cm³/mol. The molecule has 2 saturated carbocycles. The summed E-state index contributed by atoms with van der Waals surface area (Å²) in [5.74, 6) is -3.06. The van der Waals surface area contributed by atoms with Crippen molar-refractivity contribution in [3.63, 3.8) is 0 Å². The van der Waals surface area contributed by atoms with E-state index in [0.29, 0.717) is 58.2 Å². The number of primary amides is 1. The van der Waals surface area contributed by atoms with Gasteiger partial charge in [-0.2, -0.15) is 0 Å². The van der Waals surface area contributed by atoms with E-state index in [1.807, 2.05) is 41.5 Å². The molecule has 2 aliphatic carbocycles. The van der Waals surface area contributed by atoms with E-state index in [0.717, 1.165) is 19.3 Å². The van der Waals surface area contributed by atoms with Crippen molar-refractivity contribution in [3.05, 3.63) is 0 Å². The third-order valence-electron chi connectivity index (χ3n) is 11.5. The molecule has 5 fully saturated rings. The first-order valence-electron chi connectivity index (χ1n) is 15.8. The molecule has 42 heavy (non-hydrogen) atoms. The Morgan fingerprint density at radius 1 is 0.881 bits per heavy atom. The highest BCUT2D eigenvalue weighted by Gasteiger charge is 2.92. The number of hydrogen-bond donors (Lipinski definition) is 1. The van der Waals surface area contributed by atoms with Gasteiger partial charge in [0.05, 0.1) is 32.5 Å². The first-order valence-corrected chi connectivity index (χ1v) is 15.8. The van der Waals surface area contributed by atoms with Crippen molar-refractivity contribution < 1.29 is 33.4 Å². The Kier molecular flexibility index (Phi) is 7.82. The topological polar surface area (TPSA) is 133 Å². The number of fused-ring (bicyclic) bond motifs is 3. The number of hydrogen-bond acceptors (Lipinski definition) is 7. The van der Waals surface area contributed by atoms with E-state index in [1.165, 1.54) is 0 Å². The largest absolute Gasteiger partial charge is 0.380 e. The molecule has 1 unspecified atom stereocenters. The highest BCUT2D eigenvalue weighted by atomic mass is 16.5. The molecule has 9 heteroatoms. The van der Waals surface area contributed by atoms with Crippen LogP contribution in [0.1, 0.15) is 92.9 Å². The first kappa shape index (κ1) is 31.3. The lowest BCUT2D eigenvalue weighted by Crippen LogP contribution is -2.48. The zero-order chi connectivity index (χ0) is 30.9. The number of amides is 2. The molecule has 0 radical (unpaired) electrons. The van der Waals surface area contributed by atoms with Crippen LogP contribution in [0.5, 0.6) is 0 Å². The molecule has 0 aromatic rings. The summed E-state index contributed by atoms with van der Waals surface area (Å²) in [5, 5.41) is 0. The highest BCUT2D eigenvalue weighted by Crippen LogP contribution is 2.86. The van der Waals surface area contributed by atoms with Gasteiger partial charge < -0.3 is 20.1 Å². The quantitative estimate of drug-likeness (QED) is 0.367. The molecular formula is C33H50N2O7. The summed E-state index contributed by atoms with van der Waals surface area (Å²) in [5.41, 5.74) is 4.20. The average molecular weight is 587 g/mol. The Hall–Kier alpha value is -2.13. The van der Waals surface area contributed by atoms with Crippen LogP contribution in [0, 0.1) is 44.8 Å². The van der Waals surface area contributed by atoms with Gasteiger partial charge in [0.1, 0.15) is 5.78 Å². The van der Waals surface area contributed by atoms with Gasteiger partial charge in [0.15, 0.2) is 5.78 Å². The maximum Gasteiger partial charge on any atom is 0.285 e. The second-order valence-corrected chi connectivity index (χ2v) is 16.4. The fraction of sp³-hybridized carbons (Fsp3) is 0.848. The van der Waals surface area contributed by atoms with E-state index in [2.05, 4.69) is 0 Å². The van der Waals surface area contributed by atoms with E-state index in [-0.39, 0.29) is 52.0 Å². The number of ketones is 3. The van der Waals surface area contributed by atoms with Gasteiger partial charge in [0, 0.05) is 53.9 Å². The lowest BCUT2D eigenvalue weighted by Gasteiger charge is -2.37. The summed E-state index contributed by atoms with van der Waals surface area (Å²) in [6, 6.07) is -0.720. The Morgan fingerprint density at radius 2 is 1.45 bits per heavy atom. The minimum atomic E-state index is -1.01. The zero-order valence-electron chi connectivity index (χ0n) is 26.4. The van der Waals surface area contributed by atoms with E-state index in [9.17, 15) is 24.0 Å². The normalized spacial score (nSPS) is 26.7. The number of rotatable bonds is 11. The number of nitrogens with zero attached hydrogens (tertiary/aromatic N) is 1. The molecule has 0 aromatic heterocycles. The summed E-state index contributed by atoms with van der Waals surface area (Å²) in [4.78, 5) is 68.4. The SMILES string of the molecule is CC(C)(C)CC(=O)C[C@H](C(=O)N1CC2(C[C@H]1C(=O)CC(CC1CCC1)C(=O)C(N)=O)C1(COC1)C21COC1)C(C)(C)C. The van der Waals surface area contributed by atoms with E-state index in [4.69, 9.17) is 15.2 Å². The molecule has 5 rings (SSSR count). The van der Waals surface area contributed by atoms with Gasteiger partial charge in [-0.05, 0) is 29.6 Å². The maximum atomic E-state index is 14.5. The monoisotopic (exact) mass is 586 g/mol. The second kappa shape index (κ2) is 10.5. The molecule has 234 valence electrons. The van der Waals surface area contributed by atoms with Crippen LogP contribution in [0.3, 0.4) is 0 Å². The van der Waals surface area contributed by atoms with Crippen LogP contribution >= 0.6 is 0 Å². The van der Waals surface area contributed by atoms with Crippen LogP contribution < -0.4 is 5.73 Å². The Labute approximate surface area is 250 Å². The molecule has 3 aliphatic heterocycles. The summed E-state index contributed by atoms with van der Waals surface area (Å²) in [7, 11) is 0. The van der Waals surface area contributed by atoms with Gasteiger partial charge in [-0.25, -0.2) is 0 Å². The minimum Gasteiger partial charge on any atom is -0.380 e. The number of carbonyl (C=O) groups excluding carboxylic acids is 5. The molecule has 5 aliphatic rings. The number of nitrogens with two attached hydrogens (primary N) is 1. The van der Waals surface area contributed by atoms with Crippen molar-refractivity contribution in [2.75, 3.05) is 33.0 Å². The lowest BCUT2D eigenvalue weighted by atomic mass is 9.75. The van der Waals surface area contributed by atoms with Gasteiger partial charge >= 0.3 is 0 Å². The number of Topliss-reactive ketones (excluding diaryl/α,β-unsaturated/α-hetero) is 3. The van der Waals surface area contributed by atoms with Crippen molar-refractivity contribution in [1.29, 1.82) is 0 Å². The summed E-state index contributed by atoms with van der Waals surface area (Å²) in [6.45, 7) is 14.8. The Morgan fingerprint density at radius 3 is 1.86 bits per heavy atom. The third-order valence-corrected chi connectivity index (χ3v) is 11.5. The van der Waals surface area contributed by atoms with Crippen LogP contribution in [0.4, 0.5) is 0 Å². The first-order chi connectivity index (χ1) is 19.5. The number of likely N-dealkylation sites (tertiary alicyclic amines) is 1. The van der Waals surface area contributed by atoms with Gasteiger partial charge in [-0.3, -0.25) is 24.0 Å². The van der Waals surface area contributed by atoms with E-state index >= 15 is 0 Å². The summed E-state index contributed by atoms with van der Waals surface area (Å²) >= 11 is 0. The van der Waals surface area contributed by atoms with Crippen LogP contribution in [0.25, 0.3) is 0 Å². The molecule has 3 saturated heterocycles. The van der Waals surface area contributed by atoms with Gasteiger partial charge in [-0.15, -0.1) is 0 Å². The van der Waals surface area contributed by atoms with Crippen molar-refractivity contribution in [2.24, 2.45) is 50.6 Å². The third kappa shape index (κ3) is 4.96. The molecule has 2 N–H and O–H groups in total. The fourth-order valence-corrected chi connectivity index (χ4v) is 8.70. The Bertz CT molecular complexity index is 1130. The van der Waals surface area contributed by atoms with Gasteiger partial charge in [0.25, 0.3) is 5.91 Å². The molecular weight excluding hydrogens is 536 g/mol. The van der Waals surface area contributed by atoms with Crippen molar-refractivity contribution in [2.45, 2.75) is 99.0 Å². The average Bonchev–Trinajstić information content (AvgIpc) is 3.12. The lowest BCUT2D eigenvalue weighted by molar-refractivity contribution is -0.147.